The zero-order chi connectivity index (χ0) is 19.5. The summed E-state index contributed by atoms with van der Waals surface area (Å²) >= 11 is 0. The van der Waals surface area contributed by atoms with Crippen LogP contribution in [0.2, 0.25) is 0 Å². The largest absolute Gasteiger partial charge is 0.334 e. The SMILES string of the molecule is CC(C)n1nccc1-c1nc2ccc(NC(=O)NCc3ccncc3)cn2n1. The van der Waals surface area contributed by atoms with E-state index in [1.807, 2.05) is 28.9 Å². The first-order valence-corrected chi connectivity index (χ1v) is 8.94. The molecule has 0 saturated heterocycles. The molecule has 0 unspecified atom stereocenters. The number of hydrogen-bond donors (Lipinski definition) is 2. The van der Waals surface area contributed by atoms with Crippen LogP contribution >= 0.6 is 0 Å². The van der Waals surface area contributed by atoms with E-state index in [9.17, 15) is 4.79 Å². The highest BCUT2D eigenvalue weighted by Crippen LogP contribution is 2.20. The standard InChI is InChI=1S/C19H20N8O/c1-13(2)27-16(7-10-22-27)18-24-17-4-3-15(12-26(17)25-18)23-19(28)21-11-14-5-8-20-9-6-14/h3-10,12-13H,11H2,1-2H3,(H2,21,23,28). The van der Waals surface area contributed by atoms with Crippen molar-refractivity contribution in [2.24, 2.45) is 0 Å². The lowest BCUT2D eigenvalue weighted by atomic mass is 10.3. The summed E-state index contributed by atoms with van der Waals surface area (Å²) < 4.78 is 3.52. The smallest absolute Gasteiger partial charge is 0.319 e. The van der Waals surface area contributed by atoms with Crippen LogP contribution < -0.4 is 10.6 Å². The summed E-state index contributed by atoms with van der Waals surface area (Å²) in [6.07, 6.45) is 6.85. The minimum absolute atomic E-state index is 0.206. The van der Waals surface area contributed by atoms with Crippen LogP contribution in [0.25, 0.3) is 17.2 Å². The van der Waals surface area contributed by atoms with Gasteiger partial charge in [-0.15, -0.1) is 5.10 Å². The summed E-state index contributed by atoms with van der Waals surface area (Å²) in [6.45, 7) is 4.53. The van der Waals surface area contributed by atoms with Gasteiger partial charge in [0, 0.05) is 31.2 Å². The lowest BCUT2D eigenvalue weighted by molar-refractivity contribution is 0.251. The Balaban J connectivity index is 1.48. The first kappa shape index (κ1) is 17.7. The van der Waals surface area contributed by atoms with E-state index in [1.54, 1.807) is 35.4 Å². The van der Waals surface area contributed by atoms with E-state index in [1.165, 1.54) is 0 Å². The van der Waals surface area contributed by atoms with Crippen LogP contribution in [0.4, 0.5) is 10.5 Å². The fourth-order valence-corrected chi connectivity index (χ4v) is 2.83. The van der Waals surface area contributed by atoms with Gasteiger partial charge in [-0.3, -0.25) is 9.67 Å². The third-order valence-corrected chi connectivity index (χ3v) is 4.18. The fraction of sp³-hybridized carbons (Fsp3) is 0.211. The van der Waals surface area contributed by atoms with E-state index in [0.29, 0.717) is 23.7 Å². The number of aromatic nitrogens is 6. The lowest BCUT2D eigenvalue weighted by Crippen LogP contribution is -2.28. The van der Waals surface area contributed by atoms with Gasteiger partial charge in [0.2, 0.25) is 0 Å². The Morgan fingerprint density at radius 2 is 1.93 bits per heavy atom. The Hall–Kier alpha value is -3.75. The Bertz CT molecular complexity index is 1100. The number of anilines is 1. The number of carbonyl (C=O) groups excluding carboxylic acids is 1. The molecule has 28 heavy (non-hydrogen) atoms. The predicted octanol–water partition coefficient (Wildman–Crippen LogP) is 2.89. The van der Waals surface area contributed by atoms with Crippen molar-refractivity contribution >= 4 is 17.4 Å². The number of nitrogens with zero attached hydrogens (tertiary/aromatic N) is 6. The topological polar surface area (TPSA) is 102 Å². The van der Waals surface area contributed by atoms with Crippen molar-refractivity contribution in [3.8, 4) is 11.5 Å². The summed E-state index contributed by atoms with van der Waals surface area (Å²) in [5.74, 6) is 0.588. The van der Waals surface area contributed by atoms with Crippen LogP contribution in [0.5, 0.6) is 0 Å². The molecule has 0 atom stereocenters. The highest BCUT2D eigenvalue weighted by atomic mass is 16.2. The molecule has 0 spiro atoms. The zero-order valence-corrected chi connectivity index (χ0v) is 15.6. The molecule has 4 aromatic heterocycles. The Morgan fingerprint density at radius 3 is 2.71 bits per heavy atom. The van der Waals surface area contributed by atoms with Gasteiger partial charge in [0.1, 0.15) is 5.69 Å². The van der Waals surface area contributed by atoms with Crippen molar-refractivity contribution in [3.63, 3.8) is 0 Å². The maximum Gasteiger partial charge on any atom is 0.319 e. The third-order valence-electron chi connectivity index (χ3n) is 4.18. The molecule has 0 radical (unpaired) electrons. The van der Waals surface area contributed by atoms with Gasteiger partial charge in [0.05, 0.1) is 11.9 Å². The van der Waals surface area contributed by atoms with Gasteiger partial charge in [0.25, 0.3) is 0 Å². The van der Waals surface area contributed by atoms with Gasteiger partial charge >= 0.3 is 6.03 Å². The number of pyridine rings is 2. The molecule has 0 saturated carbocycles. The number of carbonyl (C=O) groups is 1. The summed E-state index contributed by atoms with van der Waals surface area (Å²) in [6, 6.07) is 9.11. The number of urea groups is 1. The van der Waals surface area contributed by atoms with Crippen molar-refractivity contribution in [1.82, 2.24) is 34.7 Å². The van der Waals surface area contributed by atoms with Crippen LogP contribution in [0.1, 0.15) is 25.5 Å². The van der Waals surface area contributed by atoms with Crippen molar-refractivity contribution in [1.29, 1.82) is 0 Å². The molecule has 0 bridgehead atoms. The maximum absolute atomic E-state index is 12.1. The second-order valence-corrected chi connectivity index (χ2v) is 6.57. The maximum atomic E-state index is 12.1. The molecule has 0 aromatic carbocycles. The quantitative estimate of drug-likeness (QED) is 0.558. The lowest BCUT2D eigenvalue weighted by Gasteiger charge is -2.08. The van der Waals surface area contributed by atoms with Crippen LogP contribution in [0.15, 0.2) is 55.1 Å². The summed E-state index contributed by atoms with van der Waals surface area (Å²) in [7, 11) is 0. The van der Waals surface area contributed by atoms with E-state index < -0.39 is 0 Å². The van der Waals surface area contributed by atoms with E-state index in [4.69, 9.17) is 0 Å². The monoisotopic (exact) mass is 376 g/mol. The van der Waals surface area contributed by atoms with Crippen molar-refractivity contribution in [2.45, 2.75) is 26.4 Å². The van der Waals surface area contributed by atoms with E-state index >= 15 is 0 Å². The third kappa shape index (κ3) is 3.68. The number of fused-ring (bicyclic) bond motifs is 1. The highest BCUT2D eigenvalue weighted by Gasteiger charge is 2.14. The Kier molecular flexibility index (Phi) is 4.71. The molecule has 0 aliphatic heterocycles. The zero-order valence-electron chi connectivity index (χ0n) is 15.6. The van der Waals surface area contributed by atoms with E-state index in [2.05, 4.69) is 44.6 Å². The van der Waals surface area contributed by atoms with Crippen LogP contribution in [-0.4, -0.2) is 35.4 Å². The Labute approximate surface area is 161 Å². The molecule has 4 heterocycles. The van der Waals surface area contributed by atoms with Gasteiger partial charge in [0.15, 0.2) is 11.5 Å². The molecular weight excluding hydrogens is 356 g/mol. The van der Waals surface area contributed by atoms with Gasteiger partial charge < -0.3 is 10.6 Å². The van der Waals surface area contributed by atoms with Crippen LogP contribution in [-0.2, 0) is 6.54 Å². The molecule has 142 valence electrons. The van der Waals surface area contributed by atoms with Crippen molar-refractivity contribution < 1.29 is 4.79 Å². The molecular formula is C19H20N8O. The molecule has 0 aliphatic rings. The number of rotatable bonds is 5. The van der Waals surface area contributed by atoms with Crippen molar-refractivity contribution in [3.05, 3.63) is 60.7 Å². The first-order valence-electron chi connectivity index (χ1n) is 8.94. The van der Waals surface area contributed by atoms with Gasteiger partial charge in [-0.1, -0.05) is 0 Å². The van der Waals surface area contributed by atoms with Crippen molar-refractivity contribution in [2.75, 3.05) is 5.32 Å². The predicted molar refractivity (Wildman–Crippen MR) is 105 cm³/mol. The van der Waals surface area contributed by atoms with Gasteiger partial charge in [-0.2, -0.15) is 5.10 Å². The van der Waals surface area contributed by atoms with Gasteiger partial charge in [-0.25, -0.2) is 14.3 Å². The van der Waals surface area contributed by atoms with Crippen LogP contribution in [0, 0.1) is 0 Å². The molecule has 4 rings (SSSR count). The summed E-state index contributed by atoms with van der Waals surface area (Å²) in [4.78, 5) is 20.6. The average molecular weight is 376 g/mol. The van der Waals surface area contributed by atoms with E-state index in [0.717, 1.165) is 11.3 Å². The van der Waals surface area contributed by atoms with Gasteiger partial charge in [-0.05, 0) is 49.7 Å². The van der Waals surface area contributed by atoms with E-state index in [-0.39, 0.29) is 12.1 Å². The Morgan fingerprint density at radius 1 is 1.11 bits per heavy atom. The molecule has 0 aliphatic carbocycles. The molecule has 0 fully saturated rings. The molecule has 2 amide bonds. The summed E-state index contributed by atoms with van der Waals surface area (Å²) in [5, 5.41) is 14.5. The second-order valence-electron chi connectivity index (χ2n) is 6.57. The molecule has 4 aromatic rings. The number of nitrogens with one attached hydrogen (secondary N) is 2. The average Bonchev–Trinajstić information content (AvgIpc) is 3.33. The highest BCUT2D eigenvalue weighted by molar-refractivity contribution is 5.89. The summed E-state index contributed by atoms with van der Waals surface area (Å²) in [5.41, 5.74) is 3.13. The minimum atomic E-state index is -0.297. The normalized spacial score (nSPS) is 11.1. The minimum Gasteiger partial charge on any atom is -0.334 e. The number of amides is 2. The van der Waals surface area contributed by atoms with Crippen LogP contribution in [0.3, 0.4) is 0 Å². The molecule has 9 nitrogen and oxygen atoms in total. The fourth-order valence-electron chi connectivity index (χ4n) is 2.83. The first-order chi connectivity index (χ1) is 13.6. The second kappa shape index (κ2) is 7.47. The number of hydrogen-bond acceptors (Lipinski definition) is 5. The molecule has 2 N–H and O–H groups in total. The molecule has 9 heteroatoms.